The van der Waals surface area contributed by atoms with E-state index in [1.807, 2.05) is 43.1 Å². The molecule has 4 rings (SSSR count). The minimum atomic E-state index is -0.302. The number of hydrogen-bond donors (Lipinski definition) is 1. The number of hydrogen-bond acceptors (Lipinski definition) is 3. The summed E-state index contributed by atoms with van der Waals surface area (Å²) in [6.07, 6.45) is 2.76. The van der Waals surface area contributed by atoms with E-state index >= 15 is 0 Å². The summed E-state index contributed by atoms with van der Waals surface area (Å²) in [5.74, 6) is 0.162. The highest BCUT2D eigenvalue weighted by molar-refractivity contribution is 6.00. The first-order valence-electron chi connectivity index (χ1n) is 9.91. The summed E-state index contributed by atoms with van der Waals surface area (Å²) < 4.78 is 15.0. The van der Waals surface area contributed by atoms with E-state index < -0.39 is 0 Å². The average molecular weight is 429 g/mol. The molecule has 1 N–H and O–H groups in total. The van der Waals surface area contributed by atoms with Gasteiger partial charge in [-0.2, -0.15) is 5.10 Å². The fourth-order valence-corrected chi connectivity index (χ4v) is 3.82. The maximum Gasteiger partial charge on any atom is 0.257 e. The summed E-state index contributed by atoms with van der Waals surface area (Å²) in [4.78, 5) is 15.3. The fourth-order valence-electron chi connectivity index (χ4n) is 3.82. The van der Waals surface area contributed by atoms with E-state index in [4.69, 9.17) is 5.10 Å². The number of halogens is 2. The van der Waals surface area contributed by atoms with Crippen LogP contribution in [0.15, 0.2) is 54.7 Å². The van der Waals surface area contributed by atoms with Gasteiger partial charge >= 0.3 is 0 Å². The van der Waals surface area contributed by atoms with E-state index in [0.717, 1.165) is 37.2 Å². The van der Waals surface area contributed by atoms with Crippen molar-refractivity contribution in [1.82, 2.24) is 20.0 Å². The lowest BCUT2D eigenvalue weighted by Crippen LogP contribution is -2.30. The number of aromatic nitrogens is 2. The summed E-state index contributed by atoms with van der Waals surface area (Å²) in [6.45, 7) is 4.43. The molecular weight excluding hydrogens is 403 g/mol. The van der Waals surface area contributed by atoms with E-state index in [9.17, 15) is 9.18 Å². The second-order valence-corrected chi connectivity index (χ2v) is 7.64. The van der Waals surface area contributed by atoms with Gasteiger partial charge in [0, 0.05) is 24.8 Å². The molecule has 3 aromatic rings. The molecule has 2 heterocycles. The first-order valence-corrected chi connectivity index (χ1v) is 9.91. The summed E-state index contributed by atoms with van der Waals surface area (Å²) in [5, 5.41) is 7.89. The zero-order chi connectivity index (χ0) is 20.4. The third-order valence-corrected chi connectivity index (χ3v) is 5.43. The number of nitrogens with zero attached hydrogens (tertiary/aromatic N) is 3. The molecule has 5 nitrogen and oxygen atoms in total. The Kier molecular flexibility index (Phi) is 6.90. The molecular formula is C23H26ClFN4O. The second-order valence-electron chi connectivity index (χ2n) is 7.64. The molecule has 1 unspecified atom stereocenters. The summed E-state index contributed by atoms with van der Waals surface area (Å²) in [7, 11) is 1.94. The number of rotatable bonds is 5. The van der Waals surface area contributed by atoms with Crippen molar-refractivity contribution < 1.29 is 9.18 Å². The van der Waals surface area contributed by atoms with Gasteiger partial charge in [0.15, 0.2) is 0 Å². The summed E-state index contributed by atoms with van der Waals surface area (Å²) in [5.41, 5.74) is 3.98. The number of nitrogens with one attached hydrogen (secondary N) is 1. The summed E-state index contributed by atoms with van der Waals surface area (Å²) >= 11 is 0. The first kappa shape index (κ1) is 22.0. The maximum absolute atomic E-state index is 13.3. The molecule has 1 amide bonds. The van der Waals surface area contributed by atoms with Crippen LogP contribution in [0.2, 0.25) is 0 Å². The predicted octanol–water partition coefficient (Wildman–Crippen LogP) is 4.09. The molecule has 7 heteroatoms. The maximum atomic E-state index is 13.3. The van der Waals surface area contributed by atoms with Crippen molar-refractivity contribution in [1.29, 1.82) is 0 Å². The third-order valence-electron chi connectivity index (χ3n) is 5.43. The van der Waals surface area contributed by atoms with Crippen LogP contribution in [0.5, 0.6) is 0 Å². The van der Waals surface area contributed by atoms with Crippen molar-refractivity contribution in [3.8, 4) is 16.9 Å². The molecule has 1 atom stereocenters. The van der Waals surface area contributed by atoms with Gasteiger partial charge in [0.1, 0.15) is 11.5 Å². The van der Waals surface area contributed by atoms with E-state index in [1.165, 1.54) is 12.1 Å². The molecule has 0 aliphatic carbocycles. The molecule has 1 fully saturated rings. The largest absolute Gasteiger partial charge is 0.338 e. The Morgan fingerprint density at radius 3 is 2.53 bits per heavy atom. The van der Waals surface area contributed by atoms with Crippen LogP contribution < -0.4 is 5.32 Å². The predicted molar refractivity (Wildman–Crippen MR) is 119 cm³/mol. The summed E-state index contributed by atoms with van der Waals surface area (Å²) in [6, 6.07) is 14.1. The molecule has 0 bridgehead atoms. The van der Waals surface area contributed by atoms with Crippen molar-refractivity contribution in [3.05, 3.63) is 71.7 Å². The van der Waals surface area contributed by atoms with Gasteiger partial charge < -0.3 is 10.2 Å². The smallest absolute Gasteiger partial charge is 0.257 e. The van der Waals surface area contributed by atoms with Gasteiger partial charge in [0.2, 0.25) is 0 Å². The van der Waals surface area contributed by atoms with Crippen molar-refractivity contribution >= 4 is 18.3 Å². The SMILES string of the molecule is CNCC1CCN(C(=O)c2cn(-c3ccc(F)cc3)nc2-c2ccc(C)cc2)C1.Cl. The Labute approximate surface area is 182 Å². The lowest BCUT2D eigenvalue weighted by molar-refractivity contribution is 0.0788. The second kappa shape index (κ2) is 9.41. The monoisotopic (exact) mass is 428 g/mol. The lowest BCUT2D eigenvalue weighted by atomic mass is 10.1. The number of carbonyl (C=O) groups is 1. The normalized spacial score (nSPS) is 15.8. The molecule has 0 radical (unpaired) electrons. The number of aryl methyl sites for hydroxylation is 1. The van der Waals surface area contributed by atoms with Gasteiger partial charge in [-0.3, -0.25) is 4.79 Å². The first-order chi connectivity index (χ1) is 14.0. The van der Waals surface area contributed by atoms with E-state index in [-0.39, 0.29) is 24.1 Å². The molecule has 1 aliphatic rings. The van der Waals surface area contributed by atoms with E-state index in [2.05, 4.69) is 5.32 Å². The van der Waals surface area contributed by atoms with Crippen LogP contribution in [0.3, 0.4) is 0 Å². The number of benzene rings is 2. The minimum absolute atomic E-state index is 0. The van der Waals surface area contributed by atoms with Crippen LogP contribution >= 0.6 is 12.4 Å². The van der Waals surface area contributed by atoms with Gasteiger partial charge in [0.05, 0.1) is 11.3 Å². The van der Waals surface area contributed by atoms with Gasteiger partial charge in [-0.15, -0.1) is 12.4 Å². The van der Waals surface area contributed by atoms with Gasteiger partial charge in [-0.05, 0) is 57.1 Å². The number of amides is 1. The molecule has 30 heavy (non-hydrogen) atoms. The van der Waals surface area contributed by atoms with Crippen molar-refractivity contribution in [2.45, 2.75) is 13.3 Å². The van der Waals surface area contributed by atoms with Gasteiger partial charge in [0.25, 0.3) is 5.91 Å². The fraction of sp³-hybridized carbons (Fsp3) is 0.304. The highest BCUT2D eigenvalue weighted by Gasteiger charge is 2.29. The van der Waals surface area contributed by atoms with Gasteiger partial charge in [-0.1, -0.05) is 29.8 Å². The van der Waals surface area contributed by atoms with Crippen molar-refractivity contribution in [2.75, 3.05) is 26.7 Å². The standard InChI is InChI=1S/C23H25FN4O.ClH/c1-16-3-5-18(6-4-16)22-21(23(29)27-12-11-17(14-27)13-25-2)15-28(26-22)20-9-7-19(24)8-10-20;/h3-10,15,17,25H,11-14H2,1-2H3;1H. The Bertz CT molecular complexity index is 1000. The third kappa shape index (κ3) is 4.55. The molecule has 158 valence electrons. The van der Waals surface area contributed by atoms with Crippen molar-refractivity contribution in [2.24, 2.45) is 5.92 Å². The van der Waals surface area contributed by atoms with Crippen molar-refractivity contribution in [3.63, 3.8) is 0 Å². The number of likely N-dealkylation sites (tertiary alicyclic amines) is 1. The minimum Gasteiger partial charge on any atom is -0.338 e. The molecule has 1 aromatic heterocycles. The van der Waals surface area contributed by atoms with E-state index in [0.29, 0.717) is 22.9 Å². The van der Waals surface area contributed by atoms with Crippen LogP contribution in [0.1, 0.15) is 22.3 Å². The van der Waals surface area contributed by atoms with E-state index in [1.54, 1.807) is 23.0 Å². The Morgan fingerprint density at radius 2 is 1.87 bits per heavy atom. The zero-order valence-corrected chi connectivity index (χ0v) is 18.0. The molecule has 1 aliphatic heterocycles. The van der Waals surface area contributed by atoms with Crippen LogP contribution in [0, 0.1) is 18.7 Å². The van der Waals surface area contributed by atoms with Crippen LogP contribution in [-0.2, 0) is 0 Å². The highest BCUT2D eigenvalue weighted by atomic mass is 35.5. The van der Waals surface area contributed by atoms with Gasteiger partial charge in [-0.25, -0.2) is 9.07 Å². The van der Waals surface area contributed by atoms with Crippen LogP contribution in [0.4, 0.5) is 4.39 Å². The average Bonchev–Trinajstić information content (AvgIpc) is 3.37. The topological polar surface area (TPSA) is 50.2 Å². The van der Waals surface area contributed by atoms with Crippen LogP contribution in [-0.4, -0.2) is 47.3 Å². The quantitative estimate of drug-likeness (QED) is 0.665. The highest BCUT2D eigenvalue weighted by Crippen LogP contribution is 2.27. The molecule has 1 saturated heterocycles. The Hall–Kier alpha value is -2.70. The molecule has 0 saturated carbocycles. The Morgan fingerprint density at radius 1 is 1.17 bits per heavy atom. The zero-order valence-electron chi connectivity index (χ0n) is 17.1. The Balaban J connectivity index is 0.00000256. The molecule has 0 spiro atoms. The molecule has 2 aromatic carbocycles. The van der Waals surface area contributed by atoms with Crippen LogP contribution in [0.25, 0.3) is 16.9 Å². The lowest BCUT2D eigenvalue weighted by Gasteiger charge is -2.16. The number of carbonyl (C=O) groups excluding carboxylic acids is 1.